The molecule has 0 amide bonds. The SMILES string of the molecule is CCc1ncc(C)c(OCc2cccc(COc3cccnc3C(C)C)c2)c1C. The van der Waals surface area contributed by atoms with Gasteiger partial charge in [-0.2, -0.15) is 0 Å². The van der Waals surface area contributed by atoms with Crippen LogP contribution in [-0.2, 0) is 19.6 Å². The zero-order valence-corrected chi connectivity index (χ0v) is 18.0. The quantitative estimate of drug-likeness (QED) is 0.478. The third kappa shape index (κ3) is 5.14. The Morgan fingerprint density at radius 1 is 0.931 bits per heavy atom. The van der Waals surface area contributed by atoms with E-state index in [1.165, 1.54) is 0 Å². The number of benzene rings is 1. The number of aryl methyl sites for hydroxylation is 2. The van der Waals surface area contributed by atoms with Crippen molar-refractivity contribution in [1.29, 1.82) is 0 Å². The fourth-order valence-electron chi connectivity index (χ4n) is 3.42. The highest BCUT2D eigenvalue weighted by Crippen LogP contribution is 2.27. The summed E-state index contributed by atoms with van der Waals surface area (Å²) in [4.78, 5) is 8.95. The third-order valence-electron chi connectivity index (χ3n) is 5.00. The molecule has 0 spiro atoms. The second-order valence-electron chi connectivity index (χ2n) is 7.63. The Balaban J connectivity index is 1.68. The van der Waals surface area contributed by atoms with Crippen LogP contribution in [0.3, 0.4) is 0 Å². The lowest BCUT2D eigenvalue weighted by molar-refractivity contribution is 0.294. The minimum Gasteiger partial charge on any atom is -0.488 e. The Bertz CT molecular complexity index is 967. The van der Waals surface area contributed by atoms with Gasteiger partial charge in [0.05, 0.1) is 5.69 Å². The molecule has 4 heteroatoms. The fraction of sp³-hybridized carbons (Fsp3) is 0.360. The summed E-state index contributed by atoms with van der Waals surface area (Å²) in [5.41, 5.74) is 6.51. The number of ether oxygens (including phenoxy) is 2. The first-order valence-corrected chi connectivity index (χ1v) is 10.2. The Morgan fingerprint density at radius 2 is 1.66 bits per heavy atom. The van der Waals surface area contributed by atoms with E-state index in [9.17, 15) is 0 Å². The van der Waals surface area contributed by atoms with E-state index in [-0.39, 0.29) is 0 Å². The standard InChI is InChI=1S/C25H30N2O2/c1-6-22-19(5)25(18(4)14-27-22)29-16-21-10-7-9-20(13-21)15-28-23-11-8-12-26-24(23)17(2)3/h7-14,17H,6,15-16H2,1-5H3. The normalized spacial score (nSPS) is 11.0. The average molecular weight is 391 g/mol. The zero-order chi connectivity index (χ0) is 20.8. The van der Waals surface area contributed by atoms with E-state index in [1.807, 2.05) is 37.5 Å². The molecule has 4 nitrogen and oxygen atoms in total. The first-order chi connectivity index (χ1) is 14.0. The van der Waals surface area contributed by atoms with Crippen molar-refractivity contribution in [2.75, 3.05) is 0 Å². The van der Waals surface area contributed by atoms with E-state index < -0.39 is 0 Å². The molecule has 1 aromatic carbocycles. The van der Waals surface area contributed by atoms with Gasteiger partial charge in [-0.3, -0.25) is 9.97 Å². The molecule has 0 radical (unpaired) electrons. The van der Waals surface area contributed by atoms with E-state index in [2.05, 4.69) is 55.9 Å². The summed E-state index contributed by atoms with van der Waals surface area (Å²) in [5.74, 6) is 2.11. The van der Waals surface area contributed by atoms with Crippen LogP contribution < -0.4 is 9.47 Å². The van der Waals surface area contributed by atoms with Crippen LogP contribution in [-0.4, -0.2) is 9.97 Å². The van der Waals surface area contributed by atoms with Gasteiger partial charge in [0.2, 0.25) is 0 Å². The van der Waals surface area contributed by atoms with Gasteiger partial charge in [-0.25, -0.2) is 0 Å². The Kier molecular flexibility index (Phi) is 6.86. The number of nitrogens with zero attached hydrogens (tertiary/aromatic N) is 2. The molecule has 0 saturated carbocycles. The smallest absolute Gasteiger partial charge is 0.141 e. The Labute approximate surface area is 173 Å². The summed E-state index contributed by atoms with van der Waals surface area (Å²) in [5, 5.41) is 0. The number of pyridine rings is 2. The summed E-state index contributed by atoms with van der Waals surface area (Å²) < 4.78 is 12.2. The molecule has 3 rings (SSSR count). The van der Waals surface area contributed by atoms with Gasteiger partial charge in [-0.05, 0) is 55.5 Å². The molecular formula is C25H30N2O2. The summed E-state index contributed by atoms with van der Waals surface area (Å²) >= 11 is 0. The second kappa shape index (κ2) is 9.55. The lowest BCUT2D eigenvalue weighted by atomic mass is 10.1. The number of aromatic nitrogens is 2. The van der Waals surface area contributed by atoms with Crippen LogP contribution >= 0.6 is 0 Å². The summed E-state index contributed by atoms with van der Waals surface area (Å²) in [7, 11) is 0. The van der Waals surface area contributed by atoms with Gasteiger partial charge in [-0.1, -0.05) is 39.0 Å². The van der Waals surface area contributed by atoms with Gasteiger partial charge in [-0.15, -0.1) is 0 Å². The molecule has 0 fully saturated rings. The van der Waals surface area contributed by atoms with Crippen molar-refractivity contribution >= 4 is 0 Å². The molecule has 0 aliphatic rings. The van der Waals surface area contributed by atoms with E-state index in [4.69, 9.17) is 9.47 Å². The van der Waals surface area contributed by atoms with E-state index in [0.29, 0.717) is 19.1 Å². The van der Waals surface area contributed by atoms with Crippen LogP contribution in [0.5, 0.6) is 11.5 Å². The van der Waals surface area contributed by atoms with Gasteiger partial charge in [0, 0.05) is 29.2 Å². The number of hydrogen-bond donors (Lipinski definition) is 0. The molecule has 29 heavy (non-hydrogen) atoms. The molecule has 0 aliphatic heterocycles. The molecule has 0 N–H and O–H groups in total. The molecule has 3 aromatic rings. The molecule has 0 bridgehead atoms. The molecule has 152 valence electrons. The predicted molar refractivity (Wildman–Crippen MR) is 117 cm³/mol. The number of rotatable bonds is 8. The Hall–Kier alpha value is -2.88. The van der Waals surface area contributed by atoms with Gasteiger partial charge < -0.3 is 9.47 Å². The second-order valence-corrected chi connectivity index (χ2v) is 7.63. The van der Waals surface area contributed by atoms with Crippen LogP contribution in [0.4, 0.5) is 0 Å². The topological polar surface area (TPSA) is 44.2 Å². The van der Waals surface area contributed by atoms with Crippen molar-refractivity contribution < 1.29 is 9.47 Å². The maximum Gasteiger partial charge on any atom is 0.141 e. The predicted octanol–water partition coefficient (Wildman–Crippen LogP) is 5.94. The molecule has 0 atom stereocenters. The minimum absolute atomic E-state index is 0.325. The van der Waals surface area contributed by atoms with Crippen molar-refractivity contribution in [2.24, 2.45) is 0 Å². The number of hydrogen-bond acceptors (Lipinski definition) is 4. The van der Waals surface area contributed by atoms with Crippen LogP contribution in [0.2, 0.25) is 0 Å². The molecule has 0 aliphatic carbocycles. The minimum atomic E-state index is 0.325. The maximum atomic E-state index is 6.17. The highest BCUT2D eigenvalue weighted by Gasteiger charge is 2.11. The lowest BCUT2D eigenvalue weighted by Crippen LogP contribution is -2.04. The van der Waals surface area contributed by atoms with E-state index in [1.54, 1.807) is 0 Å². The van der Waals surface area contributed by atoms with Crippen molar-refractivity contribution in [1.82, 2.24) is 9.97 Å². The zero-order valence-electron chi connectivity index (χ0n) is 18.0. The van der Waals surface area contributed by atoms with Crippen molar-refractivity contribution in [3.8, 4) is 11.5 Å². The first-order valence-electron chi connectivity index (χ1n) is 10.2. The van der Waals surface area contributed by atoms with Crippen molar-refractivity contribution in [2.45, 2.75) is 60.2 Å². The van der Waals surface area contributed by atoms with E-state index in [0.717, 1.165) is 51.6 Å². The third-order valence-corrected chi connectivity index (χ3v) is 5.00. The first kappa shape index (κ1) is 20.8. The van der Waals surface area contributed by atoms with Crippen LogP contribution in [0.15, 0.2) is 48.8 Å². The van der Waals surface area contributed by atoms with Gasteiger partial charge in [0.15, 0.2) is 0 Å². The van der Waals surface area contributed by atoms with Gasteiger partial charge in [0.1, 0.15) is 24.7 Å². The highest BCUT2D eigenvalue weighted by molar-refractivity contribution is 5.41. The summed E-state index contributed by atoms with van der Waals surface area (Å²) in [6, 6.07) is 12.2. The molecule has 0 unspecified atom stereocenters. The summed E-state index contributed by atoms with van der Waals surface area (Å²) in [6.07, 6.45) is 4.61. The van der Waals surface area contributed by atoms with Crippen LogP contribution in [0.25, 0.3) is 0 Å². The van der Waals surface area contributed by atoms with Crippen LogP contribution in [0.1, 0.15) is 60.3 Å². The van der Waals surface area contributed by atoms with Crippen LogP contribution in [0, 0.1) is 13.8 Å². The molecule has 0 saturated heterocycles. The van der Waals surface area contributed by atoms with Gasteiger partial charge in [0.25, 0.3) is 0 Å². The highest BCUT2D eigenvalue weighted by atomic mass is 16.5. The largest absolute Gasteiger partial charge is 0.488 e. The molecular weight excluding hydrogens is 360 g/mol. The summed E-state index contributed by atoms with van der Waals surface area (Å²) in [6.45, 7) is 11.5. The Morgan fingerprint density at radius 3 is 2.34 bits per heavy atom. The lowest BCUT2D eigenvalue weighted by Gasteiger charge is -2.15. The fourth-order valence-corrected chi connectivity index (χ4v) is 3.42. The molecule has 2 heterocycles. The molecule has 2 aromatic heterocycles. The average Bonchev–Trinajstić information content (AvgIpc) is 2.72. The van der Waals surface area contributed by atoms with Crippen molar-refractivity contribution in [3.63, 3.8) is 0 Å². The van der Waals surface area contributed by atoms with E-state index >= 15 is 0 Å². The van der Waals surface area contributed by atoms with Gasteiger partial charge >= 0.3 is 0 Å². The monoisotopic (exact) mass is 390 g/mol. The maximum absolute atomic E-state index is 6.17. The van der Waals surface area contributed by atoms with Crippen molar-refractivity contribution in [3.05, 3.63) is 82.4 Å².